The predicted octanol–water partition coefficient (Wildman–Crippen LogP) is 1.72. The van der Waals surface area contributed by atoms with Gasteiger partial charge in [0.2, 0.25) is 5.91 Å². The van der Waals surface area contributed by atoms with Crippen molar-refractivity contribution in [2.45, 2.75) is 19.8 Å². The highest BCUT2D eigenvalue weighted by molar-refractivity contribution is 6.02. The average Bonchev–Trinajstić information content (AvgIpc) is 2.42. The highest BCUT2D eigenvalue weighted by Gasteiger charge is 2.21. The summed E-state index contributed by atoms with van der Waals surface area (Å²) in [5.74, 6) is -1.30. The predicted molar refractivity (Wildman–Crippen MR) is 74.3 cm³/mol. The summed E-state index contributed by atoms with van der Waals surface area (Å²) in [7, 11) is 1.60. The van der Waals surface area contributed by atoms with Crippen LogP contribution >= 0.6 is 0 Å². The summed E-state index contributed by atoms with van der Waals surface area (Å²) in [6.45, 7) is 2.38. The lowest BCUT2D eigenvalue weighted by atomic mass is 10.0. The molecule has 0 radical (unpaired) electrons. The molecule has 1 aromatic rings. The summed E-state index contributed by atoms with van der Waals surface area (Å²) < 4.78 is 0. The van der Waals surface area contributed by atoms with Gasteiger partial charge >= 0.3 is 5.97 Å². The van der Waals surface area contributed by atoms with Crippen LogP contribution in [0.1, 0.15) is 30.1 Å². The third-order valence-electron chi connectivity index (χ3n) is 3.09. The molecule has 0 aliphatic carbocycles. The van der Waals surface area contributed by atoms with Gasteiger partial charge in [0.05, 0.1) is 11.3 Å². The number of aromatic carboxylic acids is 1. The highest BCUT2D eigenvalue weighted by Crippen LogP contribution is 2.21. The van der Waals surface area contributed by atoms with Gasteiger partial charge in [-0.05, 0) is 31.5 Å². The van der Waals surface area contributed by atoms with Crippen LogP contribution in [0.4, 0.5) is 5.69 Å². The number of carbonyl (C=O) groups excluding carboxylic acids is 1. The van der Waals surface area contributed by atoms with Gasteiger partial charge in [0.15, 0.2) is 0 Å². The van der Waals surface area contributed by atoms with Crippen molar-refractivity contribution >= 4 is 17.6 Å². The van der Waals surface area contributed by atoms with E-state index in [1.54, 1.807) is 25.2 Å². The van der Waals surface area contributed by atoms with Crippen LogP contribution in [0.5, 0.6) is 0 Å². The van der Waals surface area contributed by atoms with Crippen LogP contribution in [0, 0.1) is 5.92 Å². The minimum Gasteiger partial charge on any atom is -0.478 e. The minimum atomic E-state index is -1.04. The van der Waals surface area contributed by atoms with Crippen LogP contribution in [0.3, 0.4) is 0 Å². The van der Waals surface area contributed by atoms with Crippen LogP contribution in [0.15, 0.2) is 24.3 Å². The Hall–Kier alpha value is -1.88. The summed E-state index contributed by atoms with van der Waals surface area (Å²) >= 11 is 0. The number of nitrogens with zero attached hydrogens (tertiary/aromatic N) is 1. The van der Waals surface area contributed by atoms with E-state index in [1.165, 1.54) is 11.0 Å². The molecule has 0 saturated heterocycles. The van der Waals surface area contributed by atoms with Crippen LogP contribution in [0.25, 0.3) is 0 Å². The summed E-state index contributed by atoms with van der Waals surface area (Å²) in [6.07, 6.45) is 1.48. The first-order valence-electron chi connectivity index (χ1n) is 6.29. The van der Waals surface area contributed by atoms with Crippen molar-refractivity contribution in [3.05, 3.63) is 29.8 Å². The molecule has 5 nitrogen and oxygen atoms in total. The number of anilines is 1. The van der Waals surface area contributed by atoms with E-state index >= 15 is 0 Å². The summed E-state index contributed by atoms with van der Waals surface area (Å²) in [5, 5.41) is 9.12. The van der Waals surface area contributed by atoms with E-state index in [9.17, 15) is 9.59 Å². The molecule has 0 saturated carbocycles. The number of hydrogen-bond acceptors (Lipinski definition) is 3. The third-order valence-corrected chi connectivity index (χ3v) is 3.09. The van der Waals surface area contributed by atoms with Crippen LogP contribution in [-0.4, -0.2) is 30.6 Å². The molecule has 0 aliphatic heterocycles. The van der Waals surface area contributed by atoms with Crippen molar-refractivity contribution in [1.29, 1.82) is 0 Å². The Morgan fingerprint density at radius 2 is 2.00 bits per heavy atom. The van der Waals surface area contributed by atoms with Gasteiger partial charge in [-0.1, -0.05) is 19.1 Å². The normalized spacial score (nSPS) is 11.9. The number of para-hydroxylation sites is 1. The molecule has 3 N–H and O–H groups in total. The lowest BCUT2D eigenvalue weighted by molar-refractivity contribution is -0.121. The Bertz CT molecular complexity index is 460. The molecule has 1 amide bonds. The van der Waals surface area contributed by atoms with Gasteiger partial charge in [0, 0.05) is 13.0 Å². The lowest BCUT2D eigenvalue weighted by Gasteiger charge is -2.22. The van der Waals surface area contributed by atoms with Gasteiger partial charge in [-0.2, -0.15) is 0 Å². The summed E-state index contributed by atoms with van der Waals surface area (Å²) in [4.78, 5) is 24.8. The van der Waals surface area contributed by atoms with E-state index in [2.05, 4.69) is 0 Å². The molecule has 19 heavy (non-hydrogen) atoms. The van der Waals surface area contributed by atoms with E-state index in [0.29, 0.717) is 18.7 Å². The van der Waals surface area contributed by atoms with Gasteiger partial charge in [-0.15, -0.1) is 0 Å². The Kier molecular flexibility index (Phi) is 5.51. The van der Waals surface area contributed by atoms with Crippen molar-refractivity contribution in [3.63, 3.8) is 0 Å². The minimum absolute atomic E-state index is 0.0952. The molecule has 0 heterocycles. The maximum atomic E-state index is 12.2. The second kappa shape index (κ2) is 6.89. The van der Waals surface area contributed by atoms with Crippen molar-refractivity contribution in [1.82, 2.24) is 0 Å². The fourth-order valence-corrected chi connectivity index (χ4v) is 1.94. The number of benzene rings is 1. The molecule has 5 heteroatoms. The molecule has 0 spiro atoms. The number of carbonyl (C=O) groups is 2. The first-order valence-corrected chi connectivity index (χ1v) is 6.29. The second-order valence-corrected chi connectivity index (χ2v) is 4.55. The number of hydrogen-bond donors (Lipinski definition) is 2. The molecule has 104 valence electrons. The quantitative estimate of drug-likeness (QED) is 0.819. The average molecular weight is 264 g/mol. The lowest BCUT2D eigenvalue weighted by Crippen LogP contribution is -2.33. The van der Waals surface area contributed by atoms with Crippen LogP contribution in [-0.2, 0) is 4.79 Å². The van der Waals surface area contributed by atoms with E-state index in [0.717, 1.165) is 6.42 Å². The van der Waals surface area contributed by atoms with Crippen LogP contribution in [0.2, 0.25) is 0 Å². The first-order chi connectivity index (χ1) is 8.99. The summed E-state index contributed by atoms with van der Waals surface area (Å²) in [6, 6.07) is 6.49. The monoisotopic (exact) mass is 264 g/mol. The Morgan fingerprint density at radius 1 is 1.37 bits per heavy atom. The zero-order valence-corrected chi connectivity index (χ0v) is 11.3. The first kappa shape index (κ1) is 15.2. The number of carboxylic acids is 1. The van der Waals surface area contributed by atoms with E-state index in [4.69, 9.17) is 10.8 Å². The molecular weight excluding hydrogens is 244 g/mol. The van der Waals surface area contributed by atoms with Gasteiger partial charge in [0.25, 0.3) is 0 Å². The Morgan fingerprint density at radius 3 is 2.58 bits per heavy atom. The molecule has 0 aromatic heterocycles. The highest BCUT2D eigenvalue weighted by atomic mass is 16.4. The Balaban J connectivity index is 2.91. The Labute approximate surface area is 113 Å². The zero-order chi connectivity index (χ0) is 14.4. The molecule has 1 atom stereocenters. The molecule has 1 aromatic carbocycles. The molecule has 1 rings (SSSR count). The van der Waals surface area contributed by atoms with Crippen LogP contribution < -0.4 is 10.6 Å². The maximum Gasteiger partial charge on any atom is 0.337 e. The van der Waals surface area contributed by atoms with E-state index in [1.807, 2.05) is 6.92 Å². The van der Waals surface area contributed by atoms with Crippen molar-refractivity contribution in [3.8, 4) is 0 Å². The second-order valence-electron chi connectivity index (χ2n) is 4.55. The number of carboxylic acid groups (broad SMARTS) is 1. The zero-order valence-electron chi connectivity index (χ0n) is 11.3. The largest absolute Gasteiger partial charge is 0.478 e. The maximum absolute atomic E-state index is 12.2. The molecule has 0 fully saturated rings. The molecule has 1 unspecified atom stereocenters. The summed E-state index contributed by atoms with van der Waals surface area (Å²) in [5.41, 5.74) is 5.97. The van der Waals surface area contributed by atoms with E-state index < -0.39 is 5.97 Å². The van der Waals surface area contributed by atoms with Gasteiger partial charge in [-0.25, -0.2) is 4.79 Å². The van der Waals surface area contributed by atoms with Crippen molar-refractivity contribution in [2.75, 3.05) is 18.5 Å². The number of amides is 1. The fraction of sp³-hybridized carbons (Fsp3) is 0.429. The standard InChI is InChI=1S/C14H20N2O3/c1-10(6-5-9-15)13(17)16(2)12-8-4-3-7-11(12)14(18)19/h3-4,7-8,10H,5-6,9,15H2,1-2H3,(H,18,19). The number of rotatable bonds is 6. The topological polar surface area (TPSA) is 83.6 Å². The van der Waals surface area contributed by atoms with Crippen molar-refractivity contribution < 1.29 is 14.7 Å². The SMILES string of the molecule is CC(CCCN)C(=O)N(C)c1ccccc1C(=O)O. The van der Waals surface area contributed by atoms with E-state index in [-0.39, 0.29) is 17.4 Å². The van der Waals surface area contributed by atoms with Gasteiger partial charge in [-0.3, -0.25) is 4.79 Å². The number of nitrogens with two attached hydrogens (primary N) is 1. The smallest absolute Gasteiger partial charge is 0.337 e. The third kappa shape index (κ3) is 3.79. The molecule has 0 bridgehead atoms. The molecular formula is C14H20N2O3. The fourth-order valence-electron chi connectivity index (χ4n) is 1.94. The van der Waals surface area contributed by atoms with Crippen molar-refractivity contribution in [2.24, 2.45) is 11.7 Å². The van der Waals surface area contributed by atoms with Gasteiger partial charge in [0.1, 0.15) is 0 Å². The van der Waals surface area contributed by atoms with Gasteiger partial charge < -0.3 is 15.7 Å². The molecule has 0 aliphatic rings.